The van der Waals surface area contributed by atoms with Crippen molar-refractivity contribution < 1.29 is 19.1 Å². The Labute approximate surface area is 188 Å². The second kappa shape index (κ2) is 10.7. The van der Waals surface area contributed by atoms with Crippen LogP contribution in [0.3, 0.4) is 0 Å². The van der Waals surface area contributed by atoms with Crippen molar-refractivity contribution in [1.82, 2.24) is 10.2 Å². The van der Waals surface area contributed by atoms with E-state index in [2.05, 4.69) is 15.5 Å². The van der Waals surface area contributed by atoms with E-state index in [1.807, 2.05) is 73.3 Å². The van der Waals surface area contributed by atoms with E-state index in [-0.39, 0.29) is 11.8 Å². The molecule has 0 spiro atoms. The molecule has 8 nitrogen and oxygen atoms in total. The molecule has 3 amide bonds. The van der Waals surface area contributed by atoms with Gasteiger partial charge in [0.25, 0.3) is 5.91 Å². The second-order valence-corrected chi connectivity index (χ2v) is 8.01. The van der Waals surface area contributed by atoms with Gasteiger partial charge in [0.05, 0.1) is 18.5 Å². The average molecular weight is 439 g/mol. The summed E-state index contributed by atoms with van der Waals surface area (Å²) in [4.78, 5) is 41.2. The van der Waals surface area contributed by atoms with Crippen molar-refractivity contribution in [2.24, 2.45) is 5.92 Å². The predicted octanol–water partition coefficient (Wildman–Crippen LogP) is 2.97. The molecular weight excluding hydrogens is 408 g/mol. The Kier molecular flexibility index (Phi) is 7.70. The third kappa shape index (κ3) is 5.57. The van der Waals surface area contributed by atoms with Crippen LogP contribution >= 0.6 is 0 Å². The first-order valence-electron chi connectivity index (χ1n) is 10.7. The smallest absolute Gasteiger partial charge is 0.328 e. The zero-order chi connectivity index (χ0) is 23.1. The van der Waals surface area contributed by atoms with Crippen LogP contribution in [0.25, 0.3) is 0 Å². The predicted molar refractivity (Wildman–Crippen MR) is 124 cm³/mol. The lowest BCUT2D eigenvalue weighted by atomic mass is 10.1. The maximum Gasteiger partial charge on any atom is 0.328 e. The molecule has 1 aliphatic heterocycles. The van der Waals surface area contributed by atoms with Crippen LogP contribution in [0.5, 0.6) is 0 Å². The first-order valence-corrected chi connectivity index (χ1v) is 10.7. The molecule has 2 aromatic rings. The number of hydrogen-bond acceptors (Lipinski definition) is 5. The van der Waals surface area contributed by atoms with Gasteiger partial charge in [-0.2, -0.15) is 0 Å². The van der Waals surface area contributed by atoms with Crippen LogP contribution in [-0.2, 0) is 9.53 Å². The molecule has 0 saturated carbocycles. The monoisotopic (exact) mass is 438 g/mol. The molecule has 2 aromatic carbocycles. The lowest BCUT2D eigenvalue weighted by molar-refractivity contribution is -0.143. The third-order valence-corrected chi connectivity index (χ3v) is 5.49. The van der Waals surface area contributed by atoms with E-state index < -0.39 is 18.0 Å². The van der Waals surface area contributed by atoms with Gasteiger partial charge in [-0.05, 0) is 30.2 Å². The fraction of sp³-hybridized carbons (Fsp3) is 0.375. The third-order valence-electron chi connectivity index (χ3n) is 5.49. The number of piperazine rings is 1. The van der Waals surface area contributed by atoms with Gasteiger partial charge in [0.15, 0.2) is 0 Å². The van der Waals surface area contributed by atoms with Gasteiger partial charge in [-0.25, -0.2) is 9.59 Å². The Balaban J connectivity index is 1.64. The van der Waals surface area contributed by atoms with E-state index in [1.54, 1.807) is 0 Å². The number of carbonyl (C=O) groups excluding carboxylic acids is 3. The van der Waals surface area contributed by atoms with E-state index in [1.165, 1.54) is 7.11 Å². The quantitative estimate of drug-likeness (QED) is 0.677. The minimum atomic E-state index is -0.736. The van der Waals surface area contributed by atoms with Gasteiger partial charge in [0, 0.05) is 31.7 Å². The van der Waals surface area contributed by atoms with E-state index in [0.29, 0.717) is 37.4 Å². The SMILES string of the molecule is COC(=O)C(NC(=O)Nc1ccccc1N1CCN(C(=O)c2ccccc2)CC1)C(C)C. The zero-order valence-electron chi connectivity index (χ0n) is 18.7. The first kappa shape index (κ1) is 23.1. The number of esters is 1. The summed E-state index contributed by atoms with van der Waals surface area (Å²) in [7, 11) is 1.30. The van der Waals surface area contributed by atoms with Crippen LogP contribution in [0.15, 0.2) is 54.6 Å². The van der Waals surface area contributed by atoms with Crippen molar-refractivity contribution in [3.05, 3.63) is 60.2 Å². The van der Waals surface area contributed by atoms with Gasteiger partial charge in [0.2, 0.25) is 0 Å². The molecule has 8 heteroatoms. The lowest BCUT2D eigenvalue weighted by Gasteiger charge is -2.37. The summed E-state index contributed by atoms with van der Waals surface area (Å²) >= 11 is 0. The summed E-state index contributed by atoms with van der Waals surface area (Å²) in [6.07, 6.45) is 0. The van der Waals surface area contributed by atoms with Crippen LogP contribution < -0.4 is 15.5 Å². The molecule has 1 heterocycles. The van der Waals surface area contributed by atoms with Crippen LogP contribution in [0.2, 0.25) is 0 Å². The van der Waals surface area contributed by atoms with Gasteiger partial charge >= 0.3 is 12.0 Å². The summed E-state index contributed by atoms with van der Waals surface area (Å²) in [5.74, 6) is -0.570. The lowest BCUT2D eigenvalue weighted by Crippen LogP contribution is -2.49. The molecule has 1 aliphatic rings. The van der Waals surface area contributed by atoms with Crippen LogP contribution in [0.1, 0.15) is 24.2 Å². The molecule has 0 aliphatic carbocycles. The van der Waals surface area contributed by atoms with Crippen molar-refractivity contribution in [3.63, 3.8) is 0 Å². The number of nitrogens with zero attached hydrogens (tertiary/aromatic N) is 2. The van der Waals surface area contributed by atoms with Crippen molar-refractivity contribution >= 4 is 29.3 Å². The van der Waals surface area contributed by atoms with Crippen molar-refractivity contribution in [3.8, 4) is 0 Å². The number of benzene rings is 2. The maximum absolute atomic E-state index is 12.7. The Morgan fingerprint density at radius 2 is 1.53 bits per heavy atom. The van der Waals surface area contributed by atoms with Gasteiger partial charge in [-0.15, -0.1) is 0 Å². The Hall–Kier alpha value is -3.55. The largest absolute Gasteiger partial charge is 0.467 e. The number of hydrogen-bond donors (Lipinski definition) is 2. The van der Waals surface area contributed by atoms with E-state index in [9.17, 15) is 14.4 Å². The molecule has 1 saturated heterocycles. The highest BCUT2D eigenvalue weighted by Crippen LogP contribution is 2.27. The summed E-state index contributed by atoms with van der Waals surface area (Å²) in [6.45, 7) is 6.15. The maximum atomic E-state index is 12.7. The number of ether oxygens (including phenoxy) is 1. The molecule has 2 N–H and O–H groups in total. The molecule has 1 atom stereocenters. The number of anilines is 2. The van der Waals surface area contributed by atoms with E-state index >= 15 is 0 Å². The molecular formula is C24H30N4O4. The number of rotatable bonds is 6. The molecule has 0 aromatic heterocycles. The summed E-state index contributed by atoms with van der Waals surface area (Å²) in [5.41, 5.74) is 2.19. The molecule has 0 bridgehead atoms. The van der Waals surface area contributed by atoms with E-state index in [4.69, 9.17) is 4.74 Å². The highest BCUT2D eigenvalue weighted by molar-refractivity contribution is 5.96. The topological polar surface area (TPSA) is 91.0 Å². The molecule has 0 radical (unpaired) electrons. The van der Waals surface area contributed by atoms with Crippen LogP contribution in [-0.4, -0.2) is 62.1 Å². The summed E-state index contributed by atoms with van der Waals surface area (Å²) < 4.78 is 4.78. The normalized spacial score (nSPS) is 14.6. The molecule has 1 unspecified atom stereocenters. The van der Waals surface area contributed by atoms with Crippen molar-refractivity contribution in [2.75, 3.05) is 43.5 Å². The highest BCUT2D eigenvalue weighted by atomic mass is 16.5. The fourth-order valence-corrected chi connectivity index (χ4v) is 3.69. The zero-order valence-corrected chi connectivity index (χ0v) is 18.7. The number of para-hydroxylation sites is 2. The second-order valence-electron chi connectivity index (χ2n) is 8.01. The summed E-state index contributed by atoms with van der Waals surface area (Å²) in [5, 5.41) is 5.54. The molecule has 3 rings (SSSR count). The van der Waals surface area contributed by atoms with Crippen LogP contribution in [0.4, 0.5) is 16.2 Å². The van der Waals surface area contributed by atoms with Gasteiger partial charge < -0.3 is 25.2 Å². The average Bonchev–Trinajstić information content (AvgIpc) is 2.82. The number of methoxy groups -OCH3 is 1. The minimum Gasteiger partial charge on any atom is -0.467 e. The molecule has 1 fully saturated rings. The van der Waals surface area contributed by atoms with Gasteiger partial charge in [-0.1, -0.05) is 44.2 Å². The Morgan fingerprint density at radius 1 is 0.906 bits per heavy atom. The molecule has 170 valence electrons. The molecule has 32 heavy (non-hydrogen) atoms. The van der Waals surface area contributed by atoms with Crippen molar-refractivity contribution in [1.29, 1.82) is 0 Å². The van der Waals surface area contributed by atoms with Gasteiger partial charge in [0.1, 0.15) is 6.04 Å². The minimum absolute atomic E-state index is 0.0265. The Morgan fingerprint density at radius 3 is 2.16 bits per heavy atom. The number of nitrogens with one attached hydrogen (secondary N) is 2. The van der Waals surface area contributed by atoms with E-state index in [0.717, 1.165) is 5.69 Å². The number of urea groups is 1. The summed E-state index contributed by atoms with van der Waals surface area (Å²) in [6, 6.07) is 15.6. The standard InChI is InChI=1S/C24H30N4O4/c1-17(2)21(23(30)32-3)26-24(31)25-19-11-7-8-12-20(19)27-13-15-28(16-14-27)22(29)18-9-5-4-6-10-18/h4-12,17,21H,13-16H2,1-3H3,(H2,25,26,31). The fourth-order valence-electron chi connectivity index (χ4n) is 3.69. The van der Waals surface area contributed by atoms with Crippen LogP contribution in [0, 0.1) is 5.92 Å². The first-order chi connectivity index (χ1) is 15.4. The highest BCUT2D eigenvalue weighted by Gasteiger charge is 2.26. The Bertz CT molecular complexity index is 940. The van der Waals surface area contributed by atoms with Gasteiger partial charge in [-0.3, -0.25) is 4.79 Å². The number of amides is 3. The van der Waals surface area contributed by atoms with Crippen molar-refractivity contribution in [2.45, 2.75) is 19.9 Å². The number of carbonyl (C=O) groups is 3.